The van der Waals surface area contributed by atoms with Gasteiger partial charge in [0.15, 0.2) is 0 Å². The summed E-state index contributed by atoms with van der Waals surface area (Å²) in [6, 6.07) is 5.91. The third kappa shape index (κ3) is 5.47. The fraction of sp³-hybridized carbons (Fsp3) is 0.625. The lowest BCUT2D eigenvalue weighted by Gasteiger charge is -2.26. The molecule has 2 rings (SSSR count). The summed E-state index contributed by atoms with van der Waals surface area (Å²) in [5.74, 6) is 0.900. The van der Waals surface area contributed by atoms with Gasteiger partial charge in [-0.2, -0.15) is 0 Å². The molecule has 1 unspecified atom stereocenters. The summed E-state index contributed by atoms with van der Waals surface area (Å²) in [5, 5.41) is 0.730. The Morgan fingerprint density at radius 3 is 2.86 bits per heavy atom. The number of ether oxygens (including phenoxy) is 2. The molecule has 0 aromatic heterocycles. The van der Waals surface area contributed by atoms with E-state index < -0.39 is 0 Å². The van der Waals surface area contributed by atoms with Crippen LogP contribution in [-0.2, 0) is 11.2 Å². The molecule has 1 aromatic carbocycles. The van der Waals surface area contributed by atoms with Crippen molar-refractivity contribution in [2.24, 2.45) is 5.73 Å². The highest BCUT2D eigenvalue weighted by atomic mass is 35.5. The van der Waals surface area contributed by atoms with E-state index in [-0.39, 0.29) is 6.04 Å². The van der Waals surface area contributed by atoms with E-state index in [1.54, 1.807) is 0 Å². The summed E-state index contributed by atoms with van der Waals surface area (Å²) in [6.45, 7) is 7.29. The van der Waals surface area contributed by atoms with Crippen molar-refractivity contribution in [2.75, 3.05) is 39.5 Å². The molecule has 0 amide bonds. The van der Waals surface area contributed by atoms with Crippen molar-refractivity contribution in [1.82, 2.24) is 4.90 Å². The molecule has 118 valence electrons. The lowest BCUT2D eigenvalue weighted by molar-refractivity contribution is 0.0322. The molecule has 1 fully saturated rings. The molecule has 0 aliphatic carbocycles. The van der Waals surface area contributed by atoms with Gasteiger partial charge in [0, 0.05) is 30.7 Å². The van der Waals surface area contributed by atoms with E-state index in [9.17, 15) is 0 Å². The van der Waals surface area contributed by atoms with Crippen molar-refractivity contribution in [2.45, 2.75) is 25.8 Å². The summed E-state index contributed by atoms with van der Waals surface area (Å²) < 4.78 is 11.3. The molecule has 0 spiro atoms. The van der Waals surface area contributed by atoms with Crippen LogP contribution in [0.2, 0.25) is 5.02 Å². The Morgan fingerprint density at radius 2 is 2.14 bits per heavy atom. The number of nitrogens with zero attached hydrogens (tertiary/aromatic N) is 1. The van der Waals surface area contributed by atoms with Crippen molar-refractivity contribution in [1.29, 1.82) is 0 Å². The second-order valence-corrected chi connectivity index (χ2v) is 5.86. The van der Waals surface area contributed by atoms with Crippen LogP contribution in [0.1, 0.15) is 18.9 Å². The maximum atomic E-state index is 6.08. The number of nitrogens with two attached hydrogens (primary N) is 1. The Hall–Kier alpha value is -0.810. The fourth-order valence-corrected chi connectivity index (χ4v) is 2.58. The van der Waals surface area contributed by atoms with Crippen LogP contribution in [0.5, 0.6) is 5.75 Å². The third-order valence-corrected chi connectivity index (χ3v) is 4.03. The minimum Gasteiger partial charge on any atom is -0.492 e. The van der Waals surface area contributed by atoms with Gasteiger partial charge in [-0.05, 0) is 36.6 Å². The quantitative estimate of drug-likeness (QED) is 0.839. The normalized spacial score (nSPS) is 17.7. The molecule has 21 heavy (non-hydrogen) atoms. The molecule has 1 aliphatic heterocycles. The molecule has 1 aliphatic rings. The average molecular weight is 313 g/mol. The third-order valence-electron chi connectivity index (χ3n) is 3.80. The van der Waals surface area contributed by atoms with Crippen LogP contribution in [0, 0.1) is 0 Å². The number of rotatable bonds is 7. The van der Waals surface area contributed by atoms with Gasteiger partial charge in [-0.15, -0.1) is 0 Å². The maximum absolute atomic E-state index is 6.08. The molecule has 1 saturated heterocycles. The second-order valence-electron chi connectivity index (χ2n) is 5.43. The van der Waals surface area contributed by atoms with Crippen LogP contribution < -0.4 is 10.5 Å². The standard InChI is InChI=1S/C16H25ClN2O2/c1-2-15(18)12-13-11-14(17)3-4-16(13)21-10-7-19-5-8-20-9-6-19/h3-4,11,15H,2,5-10,12,18H2,1H3. The number of hydrogen-bond acceptors (Lipinski definition) is 4. The number of hydrogen-bond donors (Lipinski definition) is 1. The number of benzene rings is 1. The minimum absolute atomic E-state index is 0.144. The first kappa shape index (κ1) is 16.6. The molecule has 4 nitrogen and oxygen atoms in total. The zero-order valence-electron chi connectivity index (χ0n) is 12.7. The highest BCUT2D eigenvalue weighted by Crippen LogP contribution is 2.24. The molecule has 0 saturated carbocycles. The molecular weight excluding hydrogens is 288 g/mol. The van der Waals surface area contributed by atoms with E-state index in [1.165, 1.54) is 0 Å². The van der Waals surface area contributed by atoms with Crippen LogP contribution in [0.4, 0.5) is 0 Å². The van der Waals surface area contributed by atoms with Gasteiger partial charge in [0.2, 0.25) is 0 Å². The maximum Gasteiger partial charge on any atom is 0.122 e. The largest absolute Gasteiger partial charge is 0.492 e. The van der Waals surface area contributed by atoms with Crippen LogP contribution in [0.25, 0.3) is 0 Å². The van der Waals surface area contributed by atoms with Gasteiger partial charge in [-0.25, -0.2) is 0 Å². The molecule has 2 N–H and O–H groups in total. The summed E-state index contributed by atoms with van der Waals surface area (Å²) in [6.07, 6.45) is 1.74. The van der Waals surface area contributed by atoms with Gasteiger partial charge in [-0.1, -0.05) is 18.5 Å². The minimum atomic E-state index is 0.144. The monoisotopic (exact) mass is 312 g/mol. The lowest BCUT2D eigenvalue weighted by Crippen LogP contribution is -2.38. The van der Waals surface area contributed by atoms with Crippen molar-refractivity contribution in [3.05, 3.63) is 28.8 Å². The van der Waals surface area contributed by atoms with E-state index in [0.717, 1.165) is 62.0 Å². The first-order chi connectivity index (χ1) is 10.2. The molecule has 5 heteroatoms. The Labute approximate surface area is 132 Å². The van der Waals surface area contributed by atoms with Gasteiger partial charge >= 0.3 is 0 Å². The molecule has 1 heterocycles. The predicted molar refractivity (Wildman–Crippen MR) is 86.2 cm³/mol. The first-order valence-corrected chi connectivity index (χ1v) is 8.03. The molecular formula is C16H25ClN2O2. The smallest absolute Gasteiger partial charge is 0.122 e. The van der Waals surface area contributed by atoms with Gasteiger partial charge in [0.25, 0.3) is 0 Å². The predicted octanol–water partition coefficient (Wildman–Crippen LogP) is 2.33. The van der Waals surface area contributed by atoms with Crippen LogP contribution in [0.15, 0.2) is 18.2 Å². The summed E-state index contributed by atoms with van der Waals surface area (Å²) >= 11 is 6.08. The van der Waals surface area contributed by atoms with Gasteiger partial charge in [-0.3, -0.25) is 4.90 Å². The summed E-state index contributed by atoms with van der Waals surface area (Å²) in [7, 11) is 0. The molecule has 0 bridgehead atoms. The molecule has 1 aromatic rings. The number of morpholine rings is 1. The van der Waals surface area contributed by atoms with E-state index in [4.69, 9.17) is 26.8 Å². The van der Waals surface area contributed by atoms with E-state index in [0.29, 0.717) is 6.61 Å². The second kappa shape index (κ2) is 8.59. The van der Waals surface area contributed by atoms with Crippen molar-refractivity contribution >= 4 is 11.6 Å². The van der Waals surface area contributed by atoms with Crippen molar-refractivity contribution in [3.63, 3.8) is 0 Å². The van der Waals surface area contributed by atoms with Crippen LogP contribution in [0.3, 0.4) is 0 Å². The molecule has 0 radical (unpaired) electrons. The number of halogens is 1. The van der Waals surface area contributed by atoms with Crippen LogP contribution in [-0.4, -0.2) is 50.4 Å². The van der Waals surface area contributed by atoms with Crippen molar-refractivity contribution in [3.8, 4) is 5.75 Å². The Bertz CT molecular complexity index is 436. The van der Waals surface area contributed by atoms with E-state index >= 15 is 0 Å². The Kier molecular flexibility index (Phi) is 6.77. The van der Waals surface area contributed by atoms with Gasteiger partial charge in [0.1, 0.15) is 12.4 Å². The zero-order valence-corrected chi connectivity index (χ0v) is 13.4. The van der Waals surface area contributed by atoms with Gasteiger partial charge < -0.3 is 15.2 Å². The zero-order chi connectivity index (χ0) is 15.1. The highest BCUT2D eigenvalue weighted by Gasteiger charge is 2.12. The van der Waals surface area contributed by atoms with Gasteiger partial charge in [0.05, 0.1) is 13.2 Å². The SMILES string of the molecule is CCC(N)Cc1cc(Cl)ccc1OCCN1CCOCC1. The Morgan fingerprint density at radius 1 is 1.38 bits per heavy atom. The summed E-state index contributed by atoms with van der Waals surface area (Å²) in [4.78, 5) is 2.36. The van der Waals surface area contributed by atoms with Crippen molar-refractivity contribution < 1.29 is 9.47 Å². The molecule has 1 atom stereocenters. The first-order valence-electron chi connectivity index (χ1n) is 7.66. The average Bonchev–Trinajstić information content (AvgIpc) is 2.50. The van der Waals surface area contributed by atoms with E-state index in [1.807, 2.05) is 18.2 Å². The summed E-state index contributed by atoms with van der Waals surface area (Å²) in [5.41, 5.74) is 7.14. The topological polar surface area (TPSA) is 47.7 Å². The lowest BCUT2D eigenvalue weighted by atomic mass is 10.0. The Balaban J connectivity index is 1.88. The fourth-order valence-electron chi connectivity index (χ4n) is 2.38. The van der Waals surface area contributed by atoms with E-state index in [2.05, 4.69) is 11.8 Å². The van der Waals surface area contributed by atoms with Crippen LogP contribution >= 0.6 is 11.6 Å². The highest BCUT2D eigenvalue weighted by molar-refractivity contribution is 6.30.